The lowest BCUT2D eigenvalue weighted by atomic mass is 10.2. The van der Waals surface area contributed by atoms with Crippen molar-refractivity contribution in [3.63, 3.8) is 0 Å². The number of thiol groups is 1. The Morgan fingerprint density at radius 3 is 2.36 bits per heavy atom. The summed E-state index contributed by atoms with van der Waals surface area (Å²) in [6, 6.07) is 1.51. The Hall–Kier alpha value is 0.270. The fourth-order valence-electron chi connectivity index (χ4n) is 2.14. The van der Waals surface area contributed by atoms with Gasteiger partial charge in [-0.1, -0.05) is 0 Å². The largest absolute Gasteiger partial charge is 0.309 e. The molecule has 1 N–H and O–H groups in total. The molecule has 11 heavy (non-hydrogen) atoms. The number of hydrogen-bond donors (Lipinski definition) is 2. The highest BCUT2D eigenvalue weighted by molar-refractivity contribution is 7.80. The molecule has 0 aliphatic carbocycles. The Kier molecular flexibility index (Phi) is 2.12. The number of hydrogen-bond acceptors (Lipinski definition) is 3. The summed E-state index contributed by atoms with van der Waals surface area (Å²) in [7, 11) is 0. The SMILES string of the molecule is CC(S)N1CC2CCC(C1)N2. The third-order valence-corrected chi connectivity index (χ3v) is 3.10. The van der Waals surface area contributed by atoms with Gasteiger partial charge < -0.3 is 5.32 Å². The lowest BCUT2D eigenvalue weighted by Crippen LogP contribution is -2.52. The zero-order chi connectivity index (χ0) is 7.84. The van der Waals surface area contributed by atoms with E-state index in [-0.39, 0.29) is 0 Å². The van der Waals surface area contributed by atoms with Crippen LogP contribution in [0, 0.1) is 0 Å². The van der Waals surface area contributed by atoms with Crippen LogP contribution >= 0.6 is 12.6 Å². The Morgan fingerprint density at radius 1 is 1.36 bits per heavy atom. The van der Waals surface area contributed by atoms with Crippen LogP contribution in [0.5, 0.6) is 0 Å². The van der Waals surface area contributed by atoms with Crippen LogP contribution in [-0.4, -0.2) is 35.4 Å². The highest BCUT2D eigenvalue weighted by atomic mass is 32.1. The molecule has 0 aromatic carbocycles. The minimum Gasteiger partial charge on any atom is -0.309 e. The van der Waals surface area contributed by atoms with Gasteiger partial charge in [0.1, 0.15) is 0 Å². The van der Waals surface area contributed by atoms with E-state index in [1.54, 1.807) is 0 Å². The lowest BCUT2D eigenvalue weighted by Gasteiger charge is -2.34. The molecule has 2 rings (SSSR count). The molecule has 2 saturated heterocycles. The maximum atomic E-state index is 4.45. The van der Waals surface area contributed by atoms with Crippen LogP contribution in [0.25, 0.3) is 0 Å². The lowest BCUT2D eigenvalue weighted by molar-refractivity contribution is 0.191. The van der Waals surface area contributed by atoms with Crippen LogP contribution in [-0.2, 0) is 0 Å². The van der Waals surface area contributed by atoms with Gasteiger partial charge >= 0.3 is 0 Å². The average Bonchev–Trinajstić information content (AvgIpc) is 2.30. The topological polar surface area (TPSA) is 15.3 Å². The average molecular weight is 172 g/mol. The first-order valence-electron chi connectivity index (χ1n) is 4.44. The maximum Gasteiger partial charge on any atom is 0.0500 e. The second-order valence-corrected chi connectivity index (χ2v) is 4.47. The van der Waals surface area contributed by atoms with Crippen LogP contribution in [0.2, 0.25) is 0 Å². The summed E-state index contributed by atoms with van der Waals surface area (Å²) < 4.78 is 0. The van der Waals surface area contributed by atoms with Gasteiger partial charge in [0.25, 0.3) is 0 Å². The number of likely N-dealkylation sites (tertiary alicyclic amines) is 1. The van der Waals surface area contributed by atoms with Crippen LogP contribution in [0.1, 0.15) is 19.8 Å². The Bertz CT molecular complexity index is 137. The van der Waals surface area contributed by atoms with Crippen molar-refractivity contribution in [1.82, 2.24) is 10.2 Å². The van der Waals surface area contributed by atoms with E-state index in [0.29, 0.717) is 5.37 Å². The van der Waals surface area contributed by atoms with Gasteiger partial charge in [0.05, 0.1) is 5.37 Å². The first-order chi connectivity index (χ1) is 5.25. The molecule has 0 radical (unpaired) electrons. The molecule has 2 aliphatic heterocycles. The molecule has 0 saturated carbocycles. The summed E-state index contributed by atoms with van der Waals surface area (Å²) >= 11 is 4.45. The number of piperazine rings is 1. The van der Waals surface area contributed by atoms with Gasteiger partial charge in [-0.3, -0.25) is 4.90 Å². The van der Waals surface area contributed by atoms with Gasteiger partial charge in [0.15, 0.2) is 0 Å². The van der Waals surface area contributed by atoms with Crippen molar-refractivity contribution >= 4 is 12.6 Å². The predicted octanol–water partition coefficient (Wildman–Crippen LogP) is 0.698. The van der Waals surface area contributed by atoms with Crippen LogP contribution in [0.3, 0.4) is 0 Å². The molecule has 0 spiro atoms. The van der Waals surface area contributed by atoms with Crippen LogP contribution in [0.4, 0.5) is 0 Å². The minimum atomic E-state index is 0.431. The van der Waals surface area contributed by atoms with E-state index in [2.05, 4.69) is 29.8 Å². The van der Waals surface area contributed by atoms with Crippen molar-refractivity contribution in [2.45, 2.75) is 37.2 Å². The van der Waals surface area contributed by atoms with Crippen LogP contribution < -0.4 is 5.32 Å². The molecule has 2 fully saturated rings. The molecule has 0 amide bonds. The summed E-state index contributed by atoms with van der Waals surface area (Å²) in [4.78, 5) is 2.46. The minimum absolute atomic E-state index is 0.431. The molecule has 0 aromatic heterocycles. The molecular formula is C8H16N2S. The summed E-state index contributed by atoms with van der Waals surface area (Å²) in [6.45, 7) is 4.55. The number of rotatable bonds is 1. The summed E-state index contributed by atoms with van der Waals surface area (Å²) in [5.41, 5.74) is 0. The molecule has 2 bridgehead atoms. The second kappa shape index (κ2) is 2.96. The molecule has 3 atom stereocenters. The molecule has 0 aromatic rings. The first kappa shape index (κ1) is 7.90. The van der Waals surface area contributed by atoms with E-state index in [0.717, 1.165) is 12.1 Å². The normalized spacial score (nSPS) is 40.9. The van der Waals surface area contributed by atoms with Gasteiger partial charge in [-0.25, -0.2) is 0 Å². The third kappa shape index (κ3) is 1.55. The van der Waals surface area contributed by atoms with Crippen molar-refractivity contribution in [3.8, 4) is 0 Å². The molecule has 2 aliphatic rings. The van der Waals surface area contributed by atoms with Crippen molar-refractivity contribution in [2.24, 2.45) is 0 Å². The van der Waals surface area contributed by atoms with E-state index in [1.807, 2.05) is 0 Å². The quantitative estimate of drug-likeness (QED) is 0.566. The Labute approximate surface area is 73.7 Å². The third-order valence-electron chi connectivity index (χ3n) is 2.77. The number of nitrogens with zero attached hydrogens (tertiary/aromatic N) is 1. The molecule has 2 heterocycles. The zero-order valence-electron chi connectivity index (χ0n) is 6.95. The second-order valence-electron chi connectivity index (χ2n) is 3.72. The molecule has 64 valence electrons. The van der Waals surface area contributed by atoms with Gasteiger partial charge in [-0.05, 0) is 19.8 Å². The van der Waals surface area contributed by atoms with Crippen LogP contribution in [0.15, 0.2) is 0 Å². The molecule has 3 unspecified atom stereocenters. The summed E-state index contributed by atoms with van der Waals surface area (Å²) in [5, 5.41) is 4.03. The summed E-state index contributed by atoms with van der Waals surface area (Å²) in [5.74, 6) is 0. The summed E-state index contributed by atoms with van der Waals surface area (Å²) in [6.07, 6.45) is 2.73. The van der Waals surface area contributed by atoms with E-state index in [9.17, 15) is 0 Å². The maximum absolute atomic E-state index is 4.45. The number of fused-ring (bicyclic) bond motifs is 2. The van der Waals surface area contributed by atoms with E-state index >= 15 is 0 Å². The predicted molar refractivity (Wildman–Crippen MR) is 50.0 cm³/mol. The highest BCUT2D eigenvalue weighted by Crippen LogP contribution is 2.22. The van der Waals surface area contributed by atoms with E-state index in [1.165, 1.54) is 25.9 Å². The smallest absolute Gasteiger partial charge is 0.0500 e. The molecule has 3 heteroatoms. The monoisotopic (exact) mass is 172 g/mol. The van der Waals surface area contributed by atoms with Crippen molar-refractivity contribution in [1.29, 1.82) is 0 Å². The zero-order valence-corrected chi connectivity index (χ0v) is 7.85. The first-order valence-corrected chi connectivity index (χ1v) is 4.95. The molecular weight excluding hydrogens is 156 g/mol. The van der Waals surface area contributed by atoms with Crippen molar-refractivity contribution < 1.29 is 0 Å². The molecule has 2 nitrogen and oxygen atoms in total. The van der Waals surface area contributed by atoms with Crippen molar-refractivity contribution in [3.05, 3.63) is 0 Å². The van der Waals surface area contributed by atoms with E-state index < -0.39 is 0 Å². The van der Waals surface area contributed by atoms with Gasteiger partial charge in [0, 0.05) is 25.2 Å². The van der Waals surface area contributed by atoms with Gasteiger partial charge in [0.2, 0.25) is 0 Å². The highest BCUT2D eigenvalue weighted by Gasteiger charge is 2.32. The van der Waals surface area contributed by atoms with E-state index in [4.69, 9.17) is 0 Å². The fraction of sp³-hybridized carbons (Fsp3) is 1.00. The van der Waals surface area contributed by atoms with Gasteiger partial charge in [-0.2, -0.15) is 12.6 Å². The van der Waals surface area contributed by atoms with Gasteiger partial charge in [-0.15, -0.1) is 0 Å². The Morgan fingerprint density at radius 2 is 1.91 bits per heavy atom. The standard InChI is InChI=1S/C8H16N2S/c1-6(11)10-4-7-2-3-8(5-10)9-7/h6-9,11H,2-5H2,1H3. The fourth-order valence-corrected chi connectivity index (χ4v) is 2.32. The number of nitrogens with one attached hydrogen (secondary N) is 1. The Balaban J connectivity index is 1.97. The van der Waals surface area contributed by atoms with Crippen molar-refractivity contribution in [2.75, 3.05) is 13.1 Å².